The number of rotatable bonds is 7. The summed E-state index contributed by atoms with van der Waals surface area (Å²) < 4.78 is 26.9. The third kappa shape index (κ3) is 5.37. The van der Waals surface area contributed by atoms with Gasteiger partial charge in [-0.25, -0.2) is 8.78 Å². The van der Waals surface area contributed by atoms with E-state index in [-0.39, 0.29) is 11.6 Å². The van der Waals surface area contributed by atoms with E-state index in [0.717, 1.165) is 32.7 Å². The molecule has 1 N–H and O–H groups in total. The van der Waals surface area contributed by atoms with Crippen molar-refractivity contribution in [3.05, 3.63) is 107 Å². The van der Waals surface area contributed by atoms with Gasteiger partial charge in [-0.2, -0.15) is 0 Å². The number of aliphatic hydroxyl groups is 1. The number of benzene rings is 3. The lowest BCUT2D eigenvalue weighted by molar-refractivity contribution is 0.0461. The molecule has 0 bridgehead atoms. The van der Waals surface area contributed by atoms with Gasteiger partial charge < -0.3 is 10.0 Å². The van der Waals surface area contributed by atoms with Gasteiger partial charge in [-0.05, 0) is 47.4 Å². The Morgan fingerprint density at radius 3 is 1.68 bits per heavy atom. The van der Waals surface area contributed by atoms with E-state index in [1.165, 1.54) is 29.8 Å². The van der Waals surface area contributed by atoms with Crippen molar-refractivity contribution in [3.63, 3.8) is 0 Å². The molecule has 162 valence electrons. The third-order valence-corrected chi connectivity index (χ3v) is 6.15. The van der Waals surface area contributed by atoms with E-state index < -0.39 is 5.60 Å². The van der Waals surface area contributed by atoms with Gasteiger partial charge in [0.15, 0.2) is 0 Å². The van der Waals surface area contributed by atoms with Crippen molar-refractivity contribution in [1.29, 1.82) is 0 Å². The monoisotopic (exact) mass is 422 g/mol. The number of piperazine rings is 1. The van der Waals surface area contributed by atoms with E-state index in [1.807, 2.05) is 6.07 Å². The van der Waals surface area contributed by atoms with Crippen LogP contribution >= 0.6 is 0 Å². The molecule has 1 aliphatic rings. The Morgan fingerprint density at radius 1 is 0.677 bits per heavy atom. The highest BCUT2D eigenvalue weighted by atomic mass is 19.1. The molecule has 0 aromatic heterocycles. The van der Waals surface area contributed by atoms with Crippen molar-refractivity contribution < 1.29 is 13.9 Å². The summed E-state index contributed by atoms with van der Waals surface area (Å²) >= 11 is 0. The average molecular weight is 423 g/mol. The summed E-state index contributed by atoms with van der Waals surface area (Å²) in [5.41, 5.74) is 1.24. The number of hydrogen-bond donors (Lipinski definition) is 1. The van der Waals surface area contributed by atoms with Crippen molar-refractivity contribution in [2.45, 2.75) is 18.6 Å². The minimum absolute atomic E-state index is 0.347. The van der Waals surface area contributed by atoms with Crippen molar-refractivity contribution >= 4 is 0 Å². The quantitative estimate of drug-likeness (QED) is 0.611. The molecular formula is C26H28F2N2O. The predicted molar refractivity (Wildman–Crippen MR) is 119 cm³/mol. The summed E-state index contributed by atoms with van der Waals surface area (Å²) in [6.07, 6.45) is 0.447. The molecule has 31 heavy (non-hydrogen) atoms. The van der Waals surface area contributed by atoms with Gasteiger partial charge in [0.2, 0.25) is 0 Å². The molecule has 0 saturated carbocycles. The Kier molecular flexibility index (Phi) is 6.76. The fourth-order valence-corrected chi connectivity index (χ4v) is 4.24. The molecule has 5 heteroatoms. The maximum absolute atomic E-state index is 13.5. The van der Waals surface area contributed by atoms with Crippen LogP contribution in [0.1, 0.15) is 23.1 Å². The third-order valence-electron chi connectivity index (χ3n) is 6.15. The molecule has 3 aromatic rings. The highest BCUT2D eigenvalue weighted by Gasteiger charge is 2.32. The summed E-state index contributed by atoms with van der Waals surface area (Å²) in [7, 11) is 0. The average Bonchev–Trinajstić information content (AvgIpc) is 2.80. The fraction of sp³-hybridized carbons (Fsp3) is 0.308. The molecule has 0 radical (unpaired) electrons. The molecule has 3 nitrogen and oxygen atoms in total. The van der Waals surface area contributed by atoms with Gasteiger partial charge >= 0.3 is 0 Å². The summed E-state index contributed by atoms with van der Waals surface area (Å²) in [5.74, 6) is -0.695. The van der Waals surface area contributed by atoms with Gasteiger partial charge in [0.1, 0.15) is 17.2 Å². The Balaban J connectivity index is 1.41. The fourth-order valence-electron chi connectivity index (χ4n) is 4.24. The molecule has 1 aliphatic heterocycles. The molecule has 0 atom stereocenters. The molecule has 1 fully saturated rings. The standard InChI is InChI=1S/C26H28F2N2O/c27-24-10-6-22(7-11-24)26(31,23-8-12-25(28)13-9-23)14-15-29-16-18-30(19-17-29)20-21-4-2-1-3-5-21/h1-13,31H,14-20H2. The lowest BCUT2D eigenvalue weighted by Gasteiger charge is -2.37. The van der Waals surface area contributed by atoms with Crippen LogP contribution in [-0.4, -0.2) is 47.6 Å². The Morgan fingerprint density at radius 2 is 1.16 bits per heavy atom. The van der Waals surface area contributed by atoms with Crippen LogP contribution < -0.4 is 0 Å². The number of halogens is 2. The van der Waals surface area contributed by atoms with Crippen LogP contribution in [0.25, 0.3) is 0 Å². The first kappa shape index (κ1) is 21.6. The maximum atomic E-state index is 13.5. The van der Waals surface area contributed by atoms with E-state index in [2.05, 4.69) is 34.1 Å². The van der Waals surface area contributed by atoms with Crippen molar-refractivity contribution in [3.8, 4) is 0 Å². The minimum Gasteiger partial charge on any atom is -0.380 e. The summed E-state index contributed by atoms with van der Waals surface area (Å²) in [6, 6.07) is 22.3. The molecule has 1 heterocycles. The Labute approximate surface area is 182 Å². The summed E-state index contributed by atoms with van der Waals surface area (Å²) in [5, 5.41) is 11.6. The molecule has 0 amide bonds. The van der Waals surface area contributed by atoms with Crippen LogP contribution in [0.15, 0.2) is 78.9 Å². The van der Waals surface area contributed by atoms with Gasteiger partial charge in [0.05, 0.1) is 0 Å². The topological polar surface area (TPSA) is 26.7 Å². The Bertz CT molecular complexity index is 907. The van der Waals surface area contributed by atoms with Crippen molar-refractivity contribution in [1.82, 2.24) is 9.80 Å². The second kappa shape index (κ2) is 9.69. The van der Waals surface area contributed by atoms with Crippen molar-refractivity contribution in [2.75, 3.05) is 32.7 Å². The molecule has 3 aromatic carbocycles. The molecule has 0 unspecified atom stereocenters. The second-order valence-corrected chi connectivity index (χ2v) is 8.23. The van der Waals surface area contributed by atoms with E-state index in [4.69, 9.17) is 0 Å². The van der Waals surface area contributed by atoms with Gasteiger partial charge in [0.25, 0.3) is 0 Å². The molecule has 0 aliphatic carbocycles. The van der Waals surface area contributed by atoms with E-state index in [1.54, 1.807) is 24.3 Å². The summed E-state index contributed by atoms with van der Waals surface area (Å²) in [4.78, 5) is 4.79. The zero-order valence-corrected chi connectivity index (χ0v) is 17.6. The maximum Gasteiger partial charge on any atom is 0.123 e. The molecule has 0 spiro atoms. The lowest BCUT2D eigenvalue weighted by atomic mass is 9.83. The number of hydrogen-bond acceptors (Lipinski definition) is 3. The van der Waals surface area contributed by atoms with Gasteiger partial charge in [-0.1, -0.05) is 54.6 Å². The highest BCUT2D eigenvalue weighted by molar-refractivity contribution is 5.36. The van der Waals surface area contributed by atoms with Gasteiger partial charge in [0, 0.05) is 39.3 Å². The van der Waals surface area contributed by atoms with Crippen LogP contribution in [0.3, 0.4) is 0 Å². The van der Waals surface area contributed by atoms with Crippen LogP contribution in [0.2, 0.25) is 0 Å². The van der Waals surface area contributed by atoms with E-state index >= 15 is 0 Å². The Hall–Kier alpha value is -2.60. The van der Waals surface area contributed by atoms with E-state index in [9.17, 15) is 13.9 Å². The highest BCUT2D eigenvalue weighted by Crippen LogP contribution is 2.33. The van der Waals surface area contributed by atoms with E-state index in [0.29, 0.717) is 24.1 Å². The van der Waals surface area contributed by atoms with Gasteiger partial charge in [-0.15, -0.1) is 0 Å². The van der Waals surface area contributed by atoms with Crippen LogP contribution in [0.5, 0.6) is 0 Å². The van der Waals surface area contributed by atoms with Crippen LogP contribution in [0.4, 0.5) is 8.78 Å². The smallest absolute Gasteiger partial charge is 0.123 e. The lowest BCUT2D eigenvalue weighted by Crippen LogP contribution is -2.47. The molecule has 4 rings (SSSR count). The second-order valence-electron chi connectivity index (χ2n) is 8.23. The predicted octanol–water partition coefficient (Wildman–Crippen LogP) is 4.41. The zero-order chi connectivity index (χ0) is 21.7. The summed E-state index contributed by atoms with van der Waals surface area (Å²) in [6.45, 7) is 5.44. The first-order valence-electron chi connectivity index (χ1n) is 10.8. The van der Waals surface area contributed by atoms with Crippen molar-refractivity contribution in [2.24, 2.45) is 0 Å². The first-order chi connectivity index (χ1) is 15.0. The molecular weight excluding hydrogens is 394 g/mol. The number of nitrogens with zero attached hydrogens (tertiary/aromatic N) is 2. The first-order valence-corrected chi connectivity index (χ1v) is 10.8. The van der Waals surface area contributed by atoms with Crippen LogP contribution in [0, 0.1) is 11.6 Å². The van der Waals surface area contributed by atoms with Gasteiger partial charge in [-0.3, -0.25) is 4.90 Å². The SMILES string of the molecule is OC(CCN1CCN(Cc2ccccc2)CC1)(c1ccc(F)cc1)c1ccc(F)cc1. The zero-order valence-electron chi connectivity index (χ0n) is 17.6. The normalized spacial score (nSPS) is 15.8. The minimum atomic E-state index is -1.30. The molecule has 1 saturated heterocycles. The van der Waals surface area contributed by atoms with Crippen LogP contribution in [-0.2, 0) is 12.1 Å². The largest absolute Gasteiger partial charge is 0.380 e.